The van der Waals surface area contributed by atoms with Crippen LogP contribution in [0.25, 0.3) is 0 Å². The molecule has 10 heteroatoms. The zero-order chi connectivity index (χ0) is 22.9. The van der Waals surface area contributed by atoms with E-state index in [0.717, 1.165) is 37.8 Å². The SMILES string of the molecule is O=C(Nc1cc(C(F)(F)F)ccc1N1CCCC1)c1cccc(S(=O)(=O)N2CCCC2)c1. The fraction of sp³-hybridized carbons (Fsp3) is 0.409. The van der Waals surface area contributed by atoms with E-state index in [9.17, 15) is 26.4 Å². The first-order chi connectivity index (χ1) is 15.2. The van der Waals surface area contributed by atoms with Crippen molar-refractivity contribution in [3.8, 4) is 0 Å². The van der Waals surface area contributed by atoms with Crippen molar-refractivity contribution in [3.05, 3.63) is 53.6 Å². The van der Waals surface area contributed by atoms with Gasteiger partial charge in [0.2, 0.25) is 10.0 Å². The van der Waals surface area contributed by atoms with Gasteiger partial charge in [0.25, 0.3) is 5.91 Å². The minimum Gasteiger partial charge on any atom is -0.370 e. The van der Waals surface area contributed by atoms with Crippen LogP contribution >= 0.6 is 0 Å². The average Bonchev–Trinajstić information content (AvgIpc) is 3.48. The maximum Gasteiger partial charge on any atom is 0.416 e. The first-order valence-corrected chi connectivity index (χ1v) is 12.0. The first-order valence-electron chi connectivity index (χ1n) is 10.5. The predicted octanol–water partition coefficient (Wildman–Crippen LogP) is 4.34. The lowest BCUT2D eigenvalue weighted by molar-refractivity contribution is -0.137. The molecule has 32 heavy (non-hydrogen) atoms. The van der Waals surface area contributed by atoms with Gasteiger partial charge < -0.3 is 10.2 Å². The van der Waals surface area contributed by atoms with Gasteiger partial charge in [-0.1, -0.05) is 6.07 Å². The number of amides is 1. The van der Waals surface area contributed by atoms with Crippen LogP contribution in [0.15, 0.2) is 47.4 Å². The molecular formula is C22H24F3N3O3S. The van der Waals surface area contributed by atoms with E-state index >= 15 is 0 Å². The van der Waals surface area contributed by atoms with Crippen molar-refractivity contribution in [3.63, 3.8) is 0 Å². The summed E-state index contributed by atoms with van der Waals surface area (Å²) in [5, 5.41) is 2.58. The average molecular weight is 468 g/mol. The van der Waals surface area contributed by atoms with Gasteiger partial charge in [0.1, 0.15) is 0 Å². The fourth-order valence-corrected chi connectivity index (χ4v) is 5.68. The Bertz CT molecular complexity index is 1110. The Morgan fingerprint density at radius 2 is 1.56 bits per heavy atom. The summed E-state index contributed by atoms with van der Waals surface area (Å²) in [6.45, 7) is 2.25. The molecule has 0 aromatic heterocycles. The third-order valence-corrected chi connectivity index (χ3v) is 7.71. The summed E-state index contributed by atoms with van der Waals surface area (Å²) in [5.74, 6) is -0.664. The van der Waals surface area contributed by atoms with Crippen LogP contribution in [0.1, 0.15) is 41.6 Å². The minimum absolute atomic E-state index is 0.00383. The fourth-order valence-electron chi connectivity index (χ4n) is 4.12. The maximum absolute atomic E-state index is 13.3. The summed E-state index contributed by atoms with van der Waals surface area (Å²) < 4.78 is 66.8. The zero-order valence-electron chi connectivity index (χ0n) is 17.4. The number of hydrogen-bond acceptors (Lipinski definition) is 4. The van der Waals surface area contributed by atoms with Crippen molar-refractivity contribution >= 4 is 27.3 Å². The Labute approximate surface area is 185 Å². The van der Waals surface area contributed by atoms with E-state index in [2.05, 4.69) is 5.32 Å². The molecule has 1 N–H and O–H groups in total. The predicted molar refractivity (Wildman–Crippen MR) is 115 cm³/mol. The van der Waals surface area contributed by atoms with E-state index in [-0.39, 0.29) is 16.1 Å². The molecule has 0 saturated carbocycles. The van der Waals surface area contributed by atoms with Gasteiger partial charge in [0.05, 0.1) is 21.8 Å². The number of benzene rings is 2. The van der Waals surface area contributed by atoms with Crippen LogP contribution < -0.4 is 10.2 Å². The van der Waals surface area contributed by atoms with Gasteiger partial charge in [-0.25, -0.2) is 8.42 Å². The Hall–Kier alpha value is -2.59. The van der Waals surface area contributed by atoms with Crippen molar-refractivity contribution in [2.75, 3.05) is 36.4 Å². The maximum atomic E-state index is 13.3. The van der Waals surface area contributed by atoms with Gasteiger partial charge in [-0.3, -0.25) is 4.79 Å². The topological polar surface area (TPSA) is 69.7 Å². The molecule has 4 rings (SSSR count). The molecule has 172 valence electrons. The molecule has 0 bridgehead atoms. The van der Waals surface area contributed by atoms with Crippen molar-refractivity contribution in [2.24, 2.45) is 0 Å². The highest BCUT2D eigenvalue weighted by atomic mass is 32.2. The number of hydrogen-bond donors (Lipinski definition) is 1. The number of carbonyl (C=O) groups is 1. The Morgan fingerprint density at radius 3 is 2.22 bits per heavy atom. The van der Waals surface area contributed by atoms with Crippen LogP contribution in [0.3, 0.4) is 0 Å². The highest BCUT2D eigenvalue weighted by Crippen LogP contribution is 2.36. The second-order valence-electron chi connectivity index (χ2n) is 8.02. The van der Waals surface area contributed by atoms with Gasteiger partial charge >= 0.3 is 6.18 Å². The van der Waals surface area contributed by atoms with Crippen molar-refractivity contribution < 1.29 is 26.4 Å². The molecule has 0 aliphatic carbocycles. The van der Waals surface area contributed by atoms with Crippen molar-refractivity contribution in [1.29, 1.82) is 0 Å². The van der Waals surface area contributed by atoms with E-state index in [0.29, 0.717) is 31.9 Å². The molecule has 2 aliphatic rings. The number of carbonyl (C=O) groups excluding carboxylic acids is 1. The molecule has 2 aliphatic heterocycles. The molecule has 2 heterocycles. The lowest BCUT2D eigenvalue weighted by Gasteiger charge is -2.23. The Balaban J connectivity index is 1.63. The van der Waals surface area contributed by atoms with Gasteiger partial charge in [0.15, 0.2) is 0 Å². The zero-order valence-corrected chi connectivity index (χ0v) is 18.2. The van der Waals surface area contributed by atoms with Gasteiger partial charge in [-0.05, 0) is 62.1 Å². The van der Waals surface area contributed by atoms with E-state index in [4.69, 9.17) is 0 Å². The summed E-state index contributed by atoms with van der Waals surface area (Å²) in [6, 6.07) is 8.91. The molecule has 0 spiro atoms. The Kier molecular flexibility index (Phi) is 6.17. The van der Waals surface area contributed by atoms with Crippen LogP contribution in [-0.2, 0) is 16.2 Å². The first kappa shape index (κ1) is 22.6. The van der Waals surface area contributed by atoms with Gasteiger partial charge in [-0.15, -0.1) is 0 Å². The second kappa shape index (κ2) is 8.74. The summed E-state index contributed by atoms with van der Waals surface area (Å²) in [5.41, 5.74) is -0.222. The number of nitrogens with zero attached hydrogens (tertiary/aromatic N) is 2. The number of alkyl halides is 3. The van der Waals surface area contributed by atoms with Crippen LogP contribution in [0, 0.1) is 0 Å². The number of anilines is 2. The van der Waals surface area contributed by atoms with E-state index < -0.39 is 27.7 Å². The number of sulfonamides is 1. The smallest absolute Gasteiger partial charge is 0.370 e. The van der Waals surface area contributed by atoms with Crippen molar-refractivity contribution in [1.82, 2.24) is 4.31 Å². The van der Waals surface area contributed by atoms with Gasteiger partial charge in [-0.2, -0.15) is 17.5 Å². The van der Waals surface area contributed by atoms with Crippen LogP contribution in [0.2, 0.25) is 0 Å². The largest absolute Gasteiger partial charge is 0.416 e. The monoisotopic (exact) mass is 467 g/mol. The molecular weight excluding hydrogens is 443 g/mol. The van der Waals surface area contributed by atoms with Crippen molar-refractivity contribution in [2.45, 2.75) is 36.8 Å². The minimum atomic E-state index is -4.55. The third-order valence-electron chi connectivity index (χ3n) is 5.82. The summed E-state index contributed by atoms with van der Waals surface area (Å²) in [7, 11) is -3.72. The summed E-state index contributed by atoms with van der Waals surface area (Å²) in [6.07, 6.45) is -1.13. The molecule has 1 amide bonds. The molecule has 0 unspecified atom stereocenters. The van der Waals surface area contributed by atoms with Crippen LogP contribution in [0.5, 0.6) is 0 Å². The molecule has 2 saturated heterocycles. The second-order valence-corrected chi connectivity index (χ2v) is 9.95. The van der Waals surface area contributed by atoms with E-state index in [1.807, 2.05) is 4.90 Å². The molecule has 2 aromatic carbocycles. The Morgan fingerprint density at radius 1 is 0.906 bits per heavy atom. The highest BCUT2D eigenvalue weighted by molar-refractivity contribution is 7.89. The molecule has 6 nitrogen and oxygen atoms in total. The highest BCUT2D eigenvalue weighted by Gasteiger charge is 2.32. The summed E-state index contributed by atoms with van der Waals surface area (Å²) in [4.78, 5) is 14.9. The number of rotatable bonds is 5. The molecule has 0 radical (unpaired) electrons. The molecule has 2 fully saturated rings. The third kappa shape index (κ3) is 4.61. The molecule has 0 atom stereocenters. The standard InChI is InChI=1S/C22H24F3N3O3S/c23-22(24,25)17-8-9-20(27-10-1-2-11-27)19(15-17)26-21(29)16-6-5-7-18(14-16)32(30,31)28-12-3-4-13-28/h5-9,14-15H,1-4,10-13H2,(H,26,29). The van der Waals surface area contributed by atoms with E-state index in [1.54, 1.807) is 0 Å². The quantitative estimate of drug-likeness (QED) is 0.710. The normalized spacial score (nSPS) is 17.7. The summed E-state index contributed by atoms with van der Waals surface area (Å²) >= 11 is 0. The van der Waals surface area contributed by atoms with E-state index in [1.165, 1.54) is 34.6 Å². The number of halogens is 3. The lowest BCUT2D eigenvalue weighted by atomic mass is 10.1. The van der Waals surface area contributed by atoms with Crippen LogP contribution in [0.4, 0.5) is 24.5 Å². The molecule has 2 aromatic rings. The van der Waals surface area contributed by atoms with Gasteiger partial charge in [0, 0.05) is 31.7 Å². The lowest BCUT2D eigenvalue weighted by Crippen LogP contribution is -2.28. The van der Waals surface area contributed by atoms with Crippen LogP contribution in [-0.4, -0.2) is 44.8 Å². The number of nitrogens with one attached hydrogen (secondary N) is 1.